The Labute approximate surface area is 148 Å². The maximum Gasteiger partial charge on any atom is 0.345 e. The summed E-state index contributed by atoms with van der Waals surface area (Å²) < 4.78 is 5.25. The highest BCUT2D eigenvalue weighted by Gasteiger charge is 2.13. The average Bonchev–Trinajstić information content (AvgIpc) is 2.48. The molecule has 5 nitrogen and oxygen atoms in total. The van der Waals surface area contributed by atoms with Gasteiger partial charge in [-0.05, 0) is 60.2 Å². The van der Waals surface area contributed by atoms with Crippen molar-refractivity contribution in [2.45, 2.75) is 0 Å². The molecule has 0 fully saturated rings. The third-order valence-electron chi connectivity index (χ3n) is 2.63. The highest BCUT2D eigenvalue weighted by molar-refractivity contribution is 7.80. The van der Waals surface area contributed by atoms with E-state index in [1.165, 1.54) is 18.3 Å². The highest BCUT2D eigenvalue weighted by Crippen LogP contribution is 2.22. The van der Waals surface area contributed by atoms with Crippen LogP contribution in [0.25, 0.3) is 0 Å². The van der Waals surface area contributed by atoms with Crippen LogP contribution < -0.4 is 15.9 Å². The van der Waals surface area contributed by atoms with Crippen LogP contribution in [0.3, 0.4) is 0 Å². The van der Waals surface area contributed by atoms with Crippen LogP contribution in [0.2, 0.25) is 10.0 Å². The Bertz CT molecular complexity index is 764. The van der Waals surface area contributed by atoms with Crippen molar-refractivity contribution in [3.05, 3.63) is 63.6 Å². The summed E-state index contributed by atoms with van der Waals surface area (Å²) in [5.41, 5.74) is 8.70. The predicted octanol–water partition coefficient (Wildman–Crippen LogP) is 3.38. The fraction of sp³-hybridized carbons (Fsp3) is 0. The minimum atomic E-state index is -0.566. The second-order valence-electron chi connectivity index (χ2n) is 4.32. The molecular formula is C15H11Cl2N3O2S. The van der Waals surface area contributed by atoms with E-state index in [0.29, 0.717) is 10.8 Å². The summed E-state index contributed by atoms with van der Waals surface area (Å²) in [5, 5.41) is 4.57. The van der Waals surface area contributed by atoms with Crippen LogP contribution in [-0.2, 0) is 0 Å². The van der Waals surface area contributed by atoms with E-state index in [9.17, 15) is 4.79 Å². The van der Waals surface area contributed by atoms with E-state index in [4.69, 9.17) is 33.7 Å². The van der Waals surface area contributed by atoms with E-state index in [1.54, 1.807) is 30.3 Å². The van der Waals surface area contributed by atoms with E-state index in [1.807, 2.05) is 0 Å². The van der Waals surface area contributed by atoms with Crippen molar-refractivity contribution in [1.82, 2.24) is 5.43 Å². The van der Waals surface area contributed by atoms with Gasteiger partial charge in [0.1, 0.15) is 5.75 Å². The molecule has 0 aliphatic carbocycles. The summed E-state index contributed by atoms with van der Waals surface area (Å²) in [5.74, 6) is -0.191. The van der Waals surface area contributed by atoms with Crippen LogP contribution in [0.4, 0.5) is 0 Å². The van der Waals surface area contributed by atoms with Crippen LogP contribution in [0.1, 0.15) is 15.9 Å². The average molecular weight is 368 g/mol. The van der Waals surface area contributed by atoms with Crippen LogP contribution >= 0.6 is 35.4 Å². The van der Waals surface area contributed by atoms with Crippen LogP contribution in [0, 0.1) is 0 Å². The van der Waals surface area contributed by atoms with Crippen molar-refractivity contribution < 1.29 is 9.53 Å². The molecule has 0 heterocycles. The van der Waals surface area contributed by atoms with Crippen LogP contribution in [-0.4, -0.2) is 17.3 Å². The number of carbonyl (C=O) groups is 1. The van der Waals surface area contributed by atoms with Gasteiger partial charge in [-0.15, -0.1) is 0 Å². The van der Waals surface area contributed by atoms with Crippen molar-refractivity contribution in [3.8, 4) is 5.75 Å². The fourth-order valence-electron chi connectivity index (χ4n) is 1.61. The first-order valence-corrected chi connectivity index (χ1v) is 7.48. The van der Waals surface area contributed by atoms with Gasteiger partial charge in [-0.3, -0.25) is 5.43 Å². The first kappa shape index (κ1) is 17.2. The number of ether oxygens (including phenoxy) is 1. The summed E-state index contributed by atoms with van der Waals surface area (Å²) in [6.07, 6.45) is 1.53. The molecule has 0 spiro atoms. The van der Waals surface area contributed by atoms with Gasteiger partial charge in [0.05, 0.1) is 16.8 Å². The van der Waals surface area contributed by atoms with Crippen molar-refractivity contribution in [1.29, 1.82) is 0 Å². The second-order valence-corrected chi connectivity index (χ2v) is 5.60. The van der Waals surface area contributed by atoms with Crippen molar-refractivity contribution >= 4 is 52.7 Å². The lowest BCUT2D eigenvalue weighted by atomic mass is 10.2. The van der Waals surface area contributed by atoms with E-state index in [0.717, 1.165) is 5.56 Å². The number of esters is 1. The summed E-state index contributed by atoms with van der Waals surface area (Å²) in [6, 6.07) is 11.3. The minimum absolute atomic E-state index is 0.0756. The summed E-state index contributed by atoms with van der Waals surface area (Å²) in [7, 11) is 0. The number of nitrogens with zero attached hydrogens (tertiary/aromatic N) is 1. The van der Waals surface area contributed by atoms with Crippen LogP contribution in [0.5, 0.6) is 5.75 Å². The van der Waals surface area contributed by atoms with E-state index < -0.39 is 5.97 Å². The molecule has 2 rings (SSSR count). The number of benzene rings is 2. The molecule has 2 aromatic carbocycles. The number of rotatable bonds is 4. The molecule has 0 aliphatic heterocycles. The van der Waals surface area contributed by atoms with E-state index >= 15 is 0 Å². The number of hydrogen-bond acceptors (Lipinski definition) is 4. The van der Waals surface area contributed by atoms with E-state index in [-0.39, 0.29) is 15.7 Å². The van der Waals surface area contributed by atoms with Gasteiger partial charge in [-0.25, -0.2) is 4.79 Å². The number of nitrogens with one attached hydrogen (secondary N) is 1. The van der Waals surface area contributed by atoms with E-state index in [2.05, 4.69) is 22.7 Å². The third-order valence-corrected chi connectivity index (χ3v) is 3.27. The number of hydrazone groups is 1. The lowest BCUT2D eigenvalue weighted by molar-refractivity contribution is 0.0735. The van der Waals surface area contributed by atoms with Gasteiger partial charge < -0.3 is 10.5 Å². The maximum absolute atomic E-state index is 12.1. The number of thiocarbonyl (C=S) groups is 1. The van der Waals surface area contributed by atoms with Gasteiger partial charge in [-0.1, -0.05) is 23.2 Å². The van der Waals surface area contributed by atoms with Gasteiger partial charge in [0.25, 0.3) is 0 Å². The van der Waals surface area contributed by atoms with Gasteiger partial charge in [0.2, 0.25) is 0 Å². The zero-order valence-corrected chi connectivity index (χ0v) is 14.0. The molecule has 0 aromatic heterocycles. The summed E-state index contributed by atoms with van der Waals surface area (Å²) in [4.78, 5) is 12.1. The summed E-state index contributed by atoms with van der Waals surface area (Å²) in [6.45, 7) is 0. The molecule has 118 valence electrons. The molecule has 3 N–H and O–H groups in total. The number of hydrogen-bond donors (Lipinski definition) is 2. The van der Waals surface area contributed by atoms with Gasteiger partial charge in [0.15, 0.2) is 5.11 Å². The monoisotopic (exact) mass is 367 g/mol. The van der Waals surface area contributed by atoms with Crippen molar-refractivity contribution in [2.75, 3.05) is 0 Å². The molecule has 0 saturated carbocycles. The predicted molar refractivity (Wildman–Crippen MR) is 95.4 cm³/mol. The Kier molecular flexibility index (Phi) is 5.92. The fourth-order valence-corrected chi connectivity index (χ4v) is 2.15. The van der Waals surface area contributed by atoms with Gasteiger partial charge in [-0.2, -0.15) is 5.10 Å². The van der Waals surface area contributed by atoms with Gasteiger partial charge in [0, 0.05) is 5.02 Å². The molecule has 0 bridgehead atoms. The molecule has 0 atom stereocenters. The summed E-state index contributed by atoms with van der Waals surface area (Å²) >= 11 is 16.4. The Morgan fingerprint density at radius 3 is 2.52 bits per heavy atom. The molecule has 0 amide bonds. The van der Waals surface area contributed by atoms with Crippen molar-refractivity contribution in [2.24, 2.45) is 10.8 Å². The lowest BCUT2D eigenvalue weighted by Gasteiger charge is -2.06. The topological polar surface area (TPSA) is 76.7 Å². The molecule has 2 aromatic rings. The standard InChI is InChI=1S/C15H11Cl2N3O2S/c16-10-3-6-12(13(17)7-10)14(21)22-11-4-1-9(2-5-11)8-19-20-15(18)23/h1-8H,(H3,18,20,23)/b19-8-. The Hall–Kier alpha value is -2.15. The Balaban J connectivity index is 2.04. The molecule has 0 unspecified atom stereocenters. The first-order chi connectivity index (χ1) is 11.0. The number of carbonyl (C=O) groups excluding carboxylic acids is 1. The Morgan fingerprint density at radius 1 is 1.22 bits per heavy atom. The third kappa shape index (κ3) is 5.21. The molecule has 0 radical (unpaired) electrons. The SMILES string of the molecule is NC(=S)N/N=C\c1ccc(OC(=O)c2ccc(Cl)cc2Cl)cc1. The maximum atomic E-state index is 12.1. The van der Waals surface area contributed by atoms with Crippen LogP contribution in [0.15, 0.2) is 47.6 Å². The number of nitrogens with two attached hydrogens (primary N) is 1. The molecule has 23 heavy (non-hydrogen) atoms. The van der Waals surface area contributed by atoms with Gasteiger partial charge >= 0.3 is 5.97 Å². The zero-order chi connectivity index (χ0) is 16.8. The smallest absolute Gasteiger partial charge is 0.345 e. The largest absolute Gasteiger partial charge is 0.423 e. The molecular weight excluding hydrogens is 357 g/mol. The zero-order valence-electron chi connectivity index (χ0n) is 11.6. The minimum Gasteiger partial charge on any atom is -0.423 e. The number of halogens is 2. The quantitative estimate of drug-likeness (QED) is 0.285. The molecule has 0 aliphatic rings. The highest BCUT2D eigenvalue weighted by atomic mass is 35.5. The molecule has 8 heteroatoms. The Morgan fingerprint density at radius 2 is 1.91 bits per heavy atom. The lowest BCUT2D eigenvalue weighted by Crippen LogP contribution is -2.23. The van der Waals surface area contributed by atoms with Crippen molar-refractivity contribution in [3.63, 3.8) is 0 Å². The normalized spacial score (nSPS) is 10.5. The second kappa shape index (κ2) is 7.92. The molecule has 0 saturated heterocycles. The first-order valence-electron chi connectivity index (χ1n) is 6.31.